The summed E-state index contributed by atoms with van der Waals surface area (Å²) in [6.45, 7) is 9.43. The molecule has 7 nitrogen and oxygen atoms in total. The van der Waals surface area contributed by atoms with Crippen LogP contribution in [0, 0.1) is 5.82 Å². The first-order valence-electron chi connectivity index (χ1n) is 8.52. The minimum Gasteiger partial charge on any atom is -0.480 e. The van der Waals surface area contributed by atoms with Gasteiger partial charge in [0.15, 0.2) is 0 Å². The van der Waals surface area contributed by atoms with E-state index in [1.807, 2.05) is 0 Å². The second kappa shape index (κ2) is 8.89. The smallest absolute Gasteiger partial charge is 0.420 e. The van der Waals surface area contributed by atoms with E-state index in [1.165, 1.54) is 18.2 Å². The van der Waals surface area contributed by atoms with Crippen LogP contribution in [0.1, 0.15) is 47.1 Å². The highest BCUT2D eigenvalue weighted by molar-refractivity contribution is 9.10. The number of rotatable bonds is 4. The predicted octanol–water partition coefficient (Wildman–Crippen LogP) is 4.76. The number of carboxylic acids is 1. The molecule has 1 unspecified atom stereocenters. The van der Waals surface area contributed by atoms with Crippen molar-refractivity contribution in [1.82, 2.24) is 4.90 Å². The predicted molar refractivity (Wildman–Crippen MR) is 104 cm³/mol. The van der Waals surface area contributed by atoms with Gasteiger partial charge in [0.1, 0.15) is 23.1 Å². The number of aliphatic carboxylic acids is 1. The molecule has 1 N–H and O–H groups in total. The van der Waals surface area contributed by atoms with Gasteiger partial charge in [-0.05, 0) is 59.2 Å². The number of ether oxygens (including phenoxy) is 2. The fourth-order valence-electron chi connectivity index (χ4n) is 2.14. The average Bonchev–Trinajstić information content (AvgIpc) is 2.44. The van der Waals surface area contributed by atoms with Gasteiger partial charge in [0.2, 0.25) is 0 Å². The Balaban J connectivity index is 3.32. The Labute approximate surface area is 171 Å². The Morgan fingerprint density at radius 1 is 1.07 bits per heavy atom. The second-order valence-corrected chi connectivity index (χ2v) is 9.04. The van der Waals surface area contributed by atoms with Crippen LogP contribution in [0.2, 0.25) is 0 Å². The van der Waals surface area contributed by atoms with E-state index in [-0.39, 0.29) is 5.56 Å². The van der Waals surface area contributed by atoms with Crippen molar-refractivity contribution in [3.05, 3.63) is 34.1 Å². The summed E-state index contributed by atoms with van der Waals surface area (Å²) in [5, 5.41) is 9.66. The molecule has 0 aromatic heterocycles. The van der Waals surface area contributed by atoms with E-state index >= 15 is 0 Å². The molecule has 0 aliphatic rings. The van der Waals surface area contributed by atoms with Crippen LogP contribution in [0.3, 0.4) is 0 Å². The molecule has 1 atom stereocenters. The van der Waals surface area contributed by atoms with Gasteiger partial charge < -0.3 is 14.6 Å². The molecule has 0 heterocycles. The van der Waals surface area contributed by atoms with Crippen LogP contribution < -0.4 is 0 Å². The summed E-state index contributed by atoms with van der Waals surface area (Å²) >= 11 is 3.12. The van der Waals surface area contributed by atoms with E-state index < -0.39 is 47.6 Å². The highest BCUT2D eigenvalue weighted by Crippen LogP contribution is 2.22. The van der Waals surface area contributed by atoms with Gasteiger partial charge in [0.05, 0.1) is 0 Å². The lowest BCUT2D eigenvalue weighted by molar-refractivity contribution is -0.143. The van der Waals surface area contributed by atoms with E-state index in [1.54, 1.807) is 41.5 Å². The standard InChI is InChI=1S/C19H25BrFNO6/c1-18(2,3)27-16(25)22(17(26)28-19(4,5)6)14(15(23)24)9-11-7-8-12(20)10-13(11)21/h7-8,10,14H,9H2,1-6H3,(H,23,24). The summed E-state index contributed by atoms with van der Waals surface area (Å²) in [6.07, 6.45) is -2.83. The Bertz CT molecular complexity index is 726. The molecular weight excluding hydrogens is 437 g/mol. The summed E-state index contributed by atoms with van der Waals surface area (Å²) in [5.74, 6) is -2.17. The molecule has 1 aromatic rings. The third-order valence-electron chi connectivity index (χ3n) is 3.21. The first-order valence-corrected chi connectivity index (χ1v) is 9.32. The van der Waals surface area contributed by atoms with Crippen LogP contribution in [0.4, 0.5) is 14.0 Å². The van der Waals surface area contributed by atoms with E-state index in [2.05, 4.69) is 15.9 Å². The number of nitrogens with zero attached hydrogens (tertiary/aromatic N) is 1. The van der Waals surface area contributed by atoms with Crippen LogP contribution in [-0.2, 0) is 20.7 Å². The molecule has 0 radical (unpaired) electrons. The lowest BCUT2D eigenvalue weighted by Gasteiger charge is -2.31. The Hall–Kier alpha value is -2.16. The van der Waals surface area contributed by atoms with Gasteiger partial charge in [-0.2, -0.15) is 4.90 Å². The lowest BCUT2D eigenvalue weighted by Crippen LogP contribution is -2.52. The summed E-state index contributed by atoms with van der Waals surface area (Å²) in [5.41, 5.74) is -1.94. The van der Waals surface area contributed by atoms with E-state index in [0.717, 1.165) is 0 Å². The number of carboxylic acid groups (broad SMARTS) is 1. The molecule has 0 aliphatic carbocycles. The first-order chi connectivity index (χ1) is 12.6. The fraction of sp³-hybridized carbons (Fsp3) is 0.526. The van der Waals surface area contributed by atoms with Crippen molar-refractivity contribution in [2.45, 2.75) is 65.2 Å². The molecular formula is C19H25BrFNO6. The van der Waals surface area contributed by atoms with Gasteiger partial charge in [-0.15, -0.1) is 0 Å². The zero-order valence-electron chi connectivity index (χ0n) is 16.7. The molecule has 28 heavy (non-hydrogen) atoms. The van der Waals surface area contributed by atoms with Crippen molar-refractivity contribution in [1.29, 1.82) is 0 Å². The minimum absolute atomic E-state index is 0.0210. The van der Waals surface area contributed by atoms with Gasteiger partial charge in [-0.3, -0.25) is 0 Å². The third kappa shape index (κ3) is 7.46. The monoisotopic (exact) mass is 461 g/mol. The second-order valence-electron chi connectivity index (χ2n) is 8.12. The minimum atomic E-state index is -1.72. The molecule has 0 saturated carbocycles. The molecule has 2 amide bonds. The van der Waals surface area contributed by atoms with Gasteiger partial charge in [-0.1, -0.05) is 22.0 Å². The van der Waals surface area contributed by atoms with Crippen LogP contribution in [-0.4, -0.2) is 45.4 Å². The summed E-state index contributed by atoms with van der Waals surface area (Å²) < 4.78 is 25.0. The highest BCUT2D eigenvalue weighted by atomic mass is 79.9. The molecule has 0 fully saturated rings. The lowest BCUT2D eigenvalue weighted by atomic mass is 10.0. The zero-order chi connectivity index (χ0) is 21.9. The molecule has 0 aliphatic heterocycles. The van der Waals surface area contributed by atoms with Crippen molar-refractivity contribution >= 4 is 34.1 Å². The maximum Gasteiger partial charge on any atom is 0.420 e. The number of halogens is 2. The molecule has 0 bridgehead atoms. The molecule has 1 rings (SSSR count). The summed E-state index contributed by atoms with van der Waals surface area (Å²) in [6, 6.07) is 2.35. The largest absolute Gasteiger partial charge is 0.480 e. The number of carbonyl (C=O) groups excluding carboxylic acids is 2. The van der Waals surface area contributed by atoms with Crippen molar-refractivity contribution < 1.29 is 33.4 Å². The number of hydrogen-bond acceptors (Lipinski definition) is 5. The van der Waals surface area contributed by atoms with E-state index in [9.17, 15) is 23.9 Å². The molecule has 156 valence electrons. The van der Waals surface area contributed by atoms with Crippen molar-refractivity contribution in [2.24, 2.45) is 0 Å². The van der Waals surface area contributed by atoms with Crippen molar-refractivity contribution in [3.63, 3.8) is 0 Å². The SMILES string of the molecule is CC(C)(C)OC(=O)N(C(=O)OC(C)(C)C)C(Cc1ccc(Br)cc1F)C(=O)O. The zero-order valence-corrected chi connectivity index (χ0v) is 18.3. The van der Waals surface area contributed by atoms with Gasteiger partial charge in [0.25, 0.3) is 0 Å². The Morgan fingerprint density at radius 2 is 1.54 bits per heavy atom. The molecule has 0 saturated heterocycles. The third-order valence-corrected chi connectivity index (χ3v) is 3.70. The highest BCUT2D eigenvalue weighted by Gasteiger charge is 2.40. The maximum atomic E-state index is 14.2. The Morgan fingerprint density at radius 3 is 1.89 bits per heavy atom. The quantitative estimate of drug-likeness (QED) is 0.694. The van der Waals surface area contributed by atoms with Gasteiger partial charge in [0, 0.05) is 10.9 Å². The topological polar surface area (TPSA) is 93.1 Å². The van der Waals surface area contributed by atoms with E-state index in [0.29, 0.717) is 9.37 Å². The van der Waals surface area contributed by atoms with Crippen LogP contribution in [0.25, 0.3) is 0 Å². The van der Waals surface area contributed by atoms with Crippen molar-refractivity contribution in [2.75, 3.05) is 0 Å². The average molecular weight is 462 g/mol. The molecule has 1 aromatic carbocycles. The summed E-state index contributed by atoms with van der Waals surface area (Å²) in [4.78, 5) is 37.4. The van der Waals surface area contributed by atoms with E-state index in [4.69, 9.17) is 9.47 Å². The van der Waals surface area contributed by atoms with Gasteiger partial charge >= 0.3 is 18.2 Å². The molecule has 9 heteroatoms. The number of amides is 2. The maximum absolute atomic E-state index is 14.2. The summed E-state index contributed by atoms with van der Waals surface area (Å²) in [7, 11) is 0. The Kier molecular flexibility index (Phi) is 7.59. The number of benzene rings is 1. The van der Waals surface area contributed by atoms with Crippen LogP contribution in [0.5, 0.6) is 0 Å². The number of hydrogen-bond donors (Lipinski definition) is 1. The normalized spacial score (nSPS) is 12.9. The number of carbonyl (C=O) groups is 3. The van der Waals surface area contributed by atoms with Gasteiger partial charge in [-0.25, -0.2) is 18.8 Å². The van der Waals surface area contributed by atoms with Crippen LogP contribution in [0.15, 0.2) is 22.7 Å². The van der Waals surface area contributed by atoms with Crippen LogP contribution >= 0.6 is 15.9 Å². The number of imide groups is 1. The first kappa shape index (κ1) is 23.9. The molecule has 0 spiro atoms. The van der Waals surface area contributed by atoms with Crippen molar-refractivity contribution in [3.8, 4) is 0 Å². The fourth-order valence-corrected chi connectivity index (χ4v) is 2.47.